The lowest BCUT2D eigenvalue weighted by atomic mass is 9.91. The maximum atomic E-state index is 12.5. The molecule has 0 aliphatic rings. The molecule has 0 saturated heterocycles. The Labute approximate surface area is 114 Å². The molecule has 4 heteroatoms. The molecule has 0 saturated carbocycles. The molecule has 2 N–H and O–H groups in total. The number of hydrogen-bond donors (Lipinski definition) is 1. The second kappa shape index (κ2) is 6.76. The zero-order chi connectivity index (χ0) is 13.6. The molecule has 1 unspecified atom stereocenters. The van der Waals surface area contributed by atoms with E-state index in [0.29, 0.717) is 19.0 Å². The van der Waals surface area contributed by atoms with Gasteiger partial charge < -0.3 is 10.6 Å². The molecule has 0 bridgehead atoms. The minimum atomic E-state index is -0.998. The predicted molar refractivity (Wildman–Crippen MR) is 75.6 cm³/mol. The van der Waals surface area contributed by atoms with Gasteiger partial charge in [0.15, 0.2) is 0 Å². The summed E-state index contributed by atoms with van der Waals surface area (Å²) in [5.41, 5.74) is 6.04. The van der Waals surface area contributed by atoms with Gasteiger partial charge in [-0.3, -0.25) is 4.79 Å². The van der Waals surface area contributed by atoms with Gasteiger partial charge in [-0.25, -0.2) is 0 Å². The molecule has 100 valence electrons. The van der Waals surface area contributed by atoms with Crippen LogP contribution in [0.2, 0.25) is 0 Å². The summed E-state index contributed by atoms with van der Waals surface area (Å²) in [6.45, 7) is 5.01. The Morgan fingerprint density at radius 1 is 1.33 bits per heavy atom. The number of amides is 1. The molecule has 0 spiro atoms. The van der Waals surface area contributed by atoms with Gasteiger partial charge in [0, 0.05) is 19.0 Å². The maximum Gasteiger partial charge on any atom is 0.247 e. The van der Waals surface area contributed by atoms with E-state index in [2.05, 4.69) is 0 Å². The molecule has 0 fully saturated rings. The Morgan fingerprint density at radius 3 is 2.44 bits per heavy atom. The summed E-state index contributed by atoms with van der Waals surface area (Å²) >= 11 is 5.74. The minimum Gasteiger partial charge on any atom is -0.340 e. The number of benzene rings is 1. The van der Waals surface area contributed by atoms with Crippen LogP contribution >= 0.6 is 11.6 Å². The van der Waals surface area contributed by atoms with Crippen LogP contribution in [-0.4, -0.2) is 29.8 Å². The summed E-state index contributed by atoms with van der Waals surface area (Å²) in [5, 5.41) is 0. The van der Waals surface area contributed by atoms with Crippen molar-refractivity contribution in [2.75, 3.05) is 19.0 Å². The first-order valence-corrected chi connectivity index (χ1v) is 6.77. The molecule has 0 aliphatic heterocycles. The van der Waals surface area contributed by atoms with Crippen molar-refractivity contribution in [3.8, 4) is 0 Å². The third kappa shape index (κ3) is 3.47. The second-order valence-corrected chi connectivity index (χ2v) is 4.93. The van der Waals surface area contributed by atoms with Gasteiger partial charge in [-0.2, -0.15) is 0 Å². The van der Waals surface area contributed by atoms with E-state index in [1.165, 1.54) is 0 Å². The standard InChI is InChI=1S/C14H21ClN2O/c1-3-10-17(11-9-15)13(18)14(2,16)12-7-5-4-6-8-12/h4-8H,3,9-11,16H2,1-2H3. The lowest BCUT2D eigenvalue weighted by Crippen LogP contribution is -2.51. The molecule has 3 nitrogen and oxygen atoms in total. The maximum absolute atomic E-state index is 12.5. The molecule has 1 rings (SSSR count). The van der Waals surface area contributed by atoms with E-state index in [-0.39, 0.29) is 5.91 Å². The Bertz CT molecular complexity index is 373. The van der Waals surface area contributed by atoms with Crippen molar-refractivity contribution in [2.24, 2.45) is 5.73 Å². The average molecular weight is 269 g/mol. The van der Waals surface area contributed by atoms with E-state index in [9.17, 15) is 4.79 Å². The van der Waals surface area contributed by atoms with Crippen molar-refractivity contribution in [3.63, 3.8) is 0 Å². The highest BCUT2D eigenvalue weighted by Crippen LogP contribution is 2.20. The minimum absolute atomic E-state index is 0.0730. The van der Waals surface area contributed by atoms with Crippen LogP contribution in [0, 0.1) is 0 Å². The molecular weight excluding hydrogens is 248 g/mol. The molecule has 0 aromatic heterocycles. The zero-order valence-corrected chi connectivity index (χ0v) is 11.8. The first-order valence-electron chi connectivity index (χ1n) is 6.23. The molecule has 1 aromatic carbocycles. The van der Waals surface area contributed by atoms with E-state index >= 15 is 0 Å². The number of hydrogen-bond acceptors (Lipinski definition) is 2. The summed E-state index contributed by atoms with van der Waals surface area (Å²) in [7, 11) is 0. The molecular formula is C14H21ClN2O. The van der Waals surface area contributed by atoms with Gasteiger partial charge in [0.25, 0.3) is 0 Å². The van der Waals surface area contributed by atoms with Crippen LogP contribution in [0.15, 0.2) is 30.3 Å². The van der Waals surface area contributed by atoms with E-state index in [0.717, 1.165) is 12.0 Å². The van der Waals surface area contributed by atoms with E-state index in [1.54, 1.807) is 11.8 Å². The Morgan fingerprint density at radius 2 is 1.94 bits per heavy atom. The fraction of sp³-hybridized carbons (Fsp3) is 0.500. The Hall–Kier alpha value is -1.06. The van der Waals surface area contributed by atoms with Gasteiger partial charge in [0.2, 0.25) is 5.91 Å². The normalized spacial score (nSPS) is 14.0. The first kappa shape index (κ1) is 15.0. The predicted octanol–water partition coefficient (Wildman–Crippen LogP) is 2.34. The number of rotatable bonds is 6. The topological polar surface area (TPSA) is 46.3 Å². The third-order valence-corrected chi connectivity index (χ3v) is 3.12. The summed E-state index contributed by atoms with van der Waals surface area (Å²) < 4.78 is 0. The van der Waals surface area contributed by atoms with Crippen LogP contribution in [-0.2, 0) is 10.3 Å². The fourth-order valence-corrected chi connectivity index (χ4v) is 2.13. The van der Waals surface area contributed by atoms with Crippen molar-refractivity contribution in [1.29, 1.82) is 0 Å². The smallest absolute Gasteiger partial charge is 0.247 e. The van der Waals surface area contributed by atoms with Crippen molar-refractivity contribution < 1.29 is 4.79 Å². The Balaban J connectivity index is 2.92. The Kier molecular flexibility index (Phi) is 5.63. The number of nitrogens with zero attached hydrogens (tertiary/aromatic N) is 1. The zero-order valence-electron chi connectivity index (χ0n) is 11.0. The van der Waals surface area contributed by atoms with E-state index in [4.69, 9.17) is 17.3 Å². The largest absolute Gasteiger partial charge is 0.340 e. The molecule has 18 heavy (non-hydrogen) atoms. The highest BCUT2D eigenvalue weighted by Gasteiger charge is 2.33. The molecule has 0 heterocycles. The summed E-state index contributed by atoms with van der Waals surface area (Å²) in [6, 6.07) is 9.44. The second-order valence-electron chi connectivity index (χ2n) is 4.55. The summed E-state index contributed by atoms with van der Waals surface area (Å²) in [4.78, 5) is 14.2. The quantitative estimate of drug-likeness (QED) is 0.805. The number of carbonyl (C=O) groups is 1. The highest BCUT2D eigenvalue weighted by molar-refractivity contribution is 6.18. The van der Waals surface area contributed by atoms with Gasteiger partial charge in [-0.15, -0.1) is 11.6 Å². The van der Waals surface area contributed by atoms with Gasteiger partial charge in [0.1, 0.15) is 5.54 Å². The van der Waals surface area contributed by atoms with Crippen LogP contribution in [0.1, 0.15) is 25.8 Å². The van der Waals surface area contributed by atoms with Crippen molar-refractivity contribution in [1.82, 2.24) is 4.90 Å². The summed E-state index contributed by atoms with van der Waals surface area (Å²) in [6.07, 6.45) is 0.896. The number of halogens is 1. The number of nitrogens with two attached hydrogens (primary N) is 1. The number of alkyl halides is 1. The van der Waals surface area contributed by atoms with E-state index in [1.807, 2.05) is 37.3 Å². The van der Waals surface area contributed by atoms with Crippen LogP contribution < -0.4 is 5.73 Å². The molecule has 1 amide bonds. The molecule has 0 radical (unpaired) electrons. The lowest BCUT2D eigenvalue weighted by molar-refractivity contribution is -0.136. The lowest BCUT2D eigenvalue weighted by Gasteiger charge is -2.31. The van der Waals surface area contributed by atoms with Crippen LogP contribution in [0.5, 0.6) is 0 Å². The van der Waals surface area contributed by atoms with Crippen LogP contribution in [0.3, 0.4) is 0 Å². The number of carbonyl (C=O) groups excluding carboxylic acids is 1. The fourth-order valence-electron chi connectivity index (χ4n) is 1.92. The van der Waals surface area contributed by atoms with Crippen molar-refractivity contribution in [3.05, 3.63) is 35.9 Å². The average Bonchev–Trinajstić information content (AvgIpc) is 2.38. The van der Waals surface area contributed by atoms with Crippen molar-refractivity contribution >= 4 is 17.5 Å². The monoisotopic (exact) mass is 268 g/mol. The van der Waals surface area contributed by atoms with Gasteiger partial charge in [-0.1, -0.05) is 37.3 Å². The first-order chi connectivity index (χ1) is 8.54. The van der Waals surface area contributed by atoms with Gasteiger partial charge in [0.05, 0.1) is 0 Å². The third-order valence-electron chi connectivity index (χ3n) is 2.95. The van der Waals surface area contributed by atoms with E-state index < -0.39 is 5.54 Å². The van der Waals surface area contributed by atoms with Crippen LogP contribution in [0.25, 0.3) is 0 Å². The van der Waals surface area contributed by atoms with Gasteiger partial charge >= 0.3 is 0 Å². The highest BCUT2D eigenvalue weighted by atomic mass is 35.5. The molecule has 0 aliphatic carbocycles. The van der Waals surface area contributed by atoms with Gasteiger partial charge in [-0.05, 0) is 18.9 Å². The summed E-state index contributed by atoms with van der Waals surface area (Å²) in [5.74, 6) is 0.354. The van der Waals surface area contributed by atoms with Crippen molar-refractivity contribution in [2.45, 2.75) is 25.8 Å². The SMILES string of the molecule is CCCN(CCCl)C(=O)C(C)(N)c1ccccc1. The molecule has 1 atom stereocenters. The van der Waals surface area contributed by atoms with Crippen LogP contribution in [0.4, 0.5) is 0 Å². The molecule has 1 aromatic rings.